The molecule has 29 heavy (non-hydrogen) atoms. The van der Waals surface area contributed by atoms with E-state index in [1.165, 1.54) is 56.8 Å². The Hall–Kier alpha value is -0.630. The fourth-order valence-electron chi connectivity index (χ4n) is 8.71. The van der Waals surface area contributed by atoms with Crippen LogP contribution in [-0.2, 0) is 4.79 Å². The number of carbonyl (C=O) groups excluding carboxylic acids is 1. The van der Waals surface area contributed by atoms with E-state index in [2.05, 4.69) is 34.6 Å². The second-order valence-corrected chi connectivity index (χ2v) is 12.1. The molecule has 0 saturated heterocycles. The highest BCUT2D eigenvalue weighted by Crippen LogP contribution is 2.70. The second kappa shape index (κ2) is 7.81. The molecule has 4 rings (SSSR count). The number of allylic oxidation sites excluding steroid dienone is 1. The zero-order valence-electron chi connectivity index (χ0n) is 19.5. The first-order valence-electron chi connectivity index (χ1n) is 12.6. The van der Waals surface area contributed by atoms with Crippen LogP contribution in [0.15, 0.2) is 11.1 Å². The summed E-state index contributed by atoms with van der Waals surface area (Å²) >= 11 is 0. The van der Waals surface area contributed by atoms with Gasteiger partial charge in [0.25, 0.3) is 0 Å². The summed E-state index contributed by atoms with van der Waals surface area (Å²) in [4.78, 5) is 12.3. The van der Waals surface area contributed by atoms with E-state index in [1.54, 1.807) is 0 Å². The molecule has 164 valence electrons. The van der Waals surface area contributed by atoms with Crippen LogP contribution in [0.3, 0.4) is 0 Å². The number of aliphatic hydroxyl groups is 1. The fraction of sp³-hybridized carbons (Fsp3) is 0.889. The van der Waals surface area contributed by atoms with Crippen LogP contribution in [0.5, 0.6) is 0 Å². The molecule has 2 nitrogen and oxygen atoms in total. The van der Waals surface area contributed by atoms with Crippen molar-refractivity contribution in [2.24, 2.45) is 46.3 Å². The maximum absolute atomic E-state index is 12.3. The van der Waals surface area contributed by atoms with Crippen molar-refractivity contribution in [1.82, 2.24) is 0 Å². The lowest BCUT2D eigenvalue weighted by Gasteiger charge is -2.52. The Kier molecular flexibility index (Phi) is 5.82. The predicted molar refractivity (Wildman–Crippen MR) is 119 cm³/mol. The molecule has 0 radical (unpaired) electrons. The summed E-state index contributed by atoms with van der Waals surface area (Å²) in [5, 5.41) is 10.3. The molecule has 8 atom stereocenters. The number of aliphatic hydroxyl groups excluding tert-OH is 1. The molecule has 0 amide bonds. The smallest absolute Gasteiger partial charge is 0.146 e. The molecule has 0 spiro atoms. The van der Waals surface area contributed by atoms with Gasteiger partial charge in [0.1, 0.15) is 6.29 Å². The molecule has 3 fully saturated rings. The third-order valence-electron chi connectivity index (χ3n) is 10.3. The topological polar surface area (TPSA) is 37.3 Å². The van der Waals surface area contributed by atoms with E-state index in [-0.39, 0.29) is 11.5 Å². The van der Waals surface area contributed by atoms with Gasteiger partial charge in [-0.1, -0.05) is 59.5 Å². The first kappa shape index (κ1) is 21.6. The van der Waals surface area contributed by atoms with E-state index in [0.717, 1.165) is 42.6 Å². The van der Waals surface area contributed by atoms with Crippen LogP contribution in [0, 0.1) is 46.3 Å². The Morgan fingerprint density at radius 3 is 2.48 bits per heavy atom. The molecule has 4 aliphatic carbocycles. The lowest BCUT2D eigenvalue weighted by molar-refractivity contribution is -0.106. The molecule has 0 aliphatic heterocycles. The largest absolute Gasteiger partial charge is 0.393 e. The van der Waals surface area contributed by atoms with E-state index < -0.39 is 0 Å². The second-order valence-electron chi connectivity index (χ2n) is 12.1. The van der Waals surface area contributed by atoms with Crippen molar-refractivity contribution in [2.45, 2.75) is 105 Å². The molecular weight excluding hydrogens is 356 g/mol. The summed E-state index contributed by atoms with van der Waals surface area (Å²) in [5.74, 6) is 4.20. The van der Waals surface area contributed by atoms with Gasteiger partial charge in [-0.3, -0.25) is 4.79 Å². The molecule has 3 saturated carbocycles. The molecule has 0 aromatic rings. The summed E-state index contributed by atoms with van der Waals surface area (Å²) in [6, 6.07) is 0. The Bertz CT molecular complexity index is 663. The van der Waals surface area contributed by atoms with E-state index in [0.29, 0.717) is 23.2 Å². The van der Waals surface area contributed by atoms with E-state index in [4.69, 9.17) is 0 Å². The zero-order valence-corrected chi connectivity index (χ0v) is 19.5. The minimum Gasteiger partial charge on any atom is -0.393 e. The fourth-order valence-corrected chi connectivity index (χ4v) is 8.71. The molecule has 0 aromatic carbocycles. The average molecular weight is 401 g/mol. The van der Waals surface area contributed by atoms with Crippen molar-refractivity contribution in [3.05, 3.63) is 11.1 Å². The van der Waals surface area contributed by atoms with Crippen LogP contribution in [0.1, 0.15) is 98.8 Å². The maximum atomic E-state index is 12.3. The number of carbonyl (C=O) groups is 1. The van der Waals surface area contributed by atoms with E-state index >= 15 is 0 Å². The average Bonchev–Trinajstić information content (AvgIpc) is 3.13. The first-order valence-corrected chi connectivity index (χ1v) is 12.6. The van der Waals surface area contributed by atoms with Crippen LogP contribution in [0.4, 0.5) is 0 Å². The summed E-state index contributed by atoms with van der Waals surface area (Å²) in [6.07, 6.45) is 13.1. The van der Waals surface area contributed by atoms with Crippen molar-refractivity contribution < 1.29 is 9.90 Å². The Morgan fingerprint density at radius 2 is 1.79 bits per heavy atom. The van der Waals surface area contributed by atoms with Gasteiger partial charge in [0, 0.05) is 0 Å². The number of fused-ring (bicyclic) bond motifs is 5. The van der Waals surface area contributed by atoms with Gasteiger partial charge in [0.05, 0.1) is 6.10 Å². The molecule has 0 aromatic heterocycles. The third kappa shape index (κ3) is 3.36. The van der Waals surface area contributed by atoms with Crippen LogP contribution >= 0.6 is 0 Å². The van der Waals surface area contributed by atoms with Crippen molar-refractivity contribution in [3.8, 4) is 0 Å². The normalized spacial score (nSPS) is 45.1. The van der Waals surface area contributed by atoms with Crippen LogP contribution in [-0.4, -0.2) is 17.5 Å². The Morgan fingerprint density at radius 1 is 1.03 bits per heavy atom. The van der Waals surface area contributed by atoms with Crippen molar-refractivity contribution in [1.29, 1.82) is 0 Å². The SMILES string of the molecule is CC(C)CCC[C@@H](C)[C@H]1CCC2C3C(C=O)=C4CC(O)CC[C@]4(C)C3CC[C@@]21C. The Balaban J connectivity index is 1.58. The number of hydrogen-bond donors (Lipinski definition) is 1. The van der Waals surface area contributed by atoms with Crippen LogP contribution in [0.25, 0.3) is 0 Å². The Labute approximate surface area is 178 Å². The quantitative estimate of drug-likeness (QED) is 0.512. The van der Waals surface area contributed by atoms with Crippen molar-refractivity contribution >= 4 is 6.29 Å². The van der Waals surface area contributed by atoms with Gasteiger partial charge < -0.3 is 5.11 Å². The standard InChI is InChI=1S/C27H44O2/c1-17(2)7-6-8-18(3)21-9-10-22-25-20(16-28)24-15-19(29)11-13-27(24,5)23(25)12-14-26(21,22)4/h16-19,21-23,25,29H,6-15H2,1-5H3/t18-,19?,21-,22?,23?,25?,26-,27-/m1/s1. The molecule has 0 bridgehead atoms. The minimum atomic E-state index is -0.239. The van der Waals surface area contributed by atoms with Gasteiger partial charge in [0.15, 0.2) is 0 Å². The lowest BCUT2D eigenvalue weighted by Crippen LogP contribution is -2.45. The zero-order chi connectivity index (χ0) is 21.0. The highest BCUT2D eigenvalue weighted by Gasteiger charge is 2.62. The highest BCUT2D eigenvalue weighted by atomic mass is 16.3. The summed E-state index contributed by atoms with van der Waals surface area (Å²) < 4.78 is 0. The summed E-state index contributed by atoms with van der Waals surface area (Å²) in [5.41, 5.74) is 3.04. The first-order chi connectivity index (χ1) is 13.7. The van der Waals surface area contributed by atoms with E-state index in [9.17, 15) is 9.90 Å². The molecule has 4 aliphatic rings. The predicted octanol–water partition coefficient (Wildman–Crippen LogP) is 6.57. The van der Waals surface area contributed by atoms with Crippen LogP contribution in [0.2, 0.25) is 0 Å². The summed E-state index contributed by atoms with van der Waals surface area (Å²) in [7, 11) is 0. The van der Waals surface area contributed by atoms with Gasteiger partial charge in [-0.2, -0.15) is 0 Å². The van der Waals surface area contributed by atoms with Gasteiger partial charge in [-0.15, -0.1) is 0 Å². The molecule has 4 unspecified atom stereocenters. The lowest BCUT2D eigenvalue weighted by atomic mass is 9.52. The number of rotatable bonds is 6. The maximum Gasteiger partial charge on any atom is 0.146 e. The van der Waals surface area contributed by atoms with Crippen molar-refractivity contribution in [2.75, 3.05) is 0 Å². The molecular formula is C27H44O2. The molecule has 1 N–H and O–H groups in total. The van der Waals surface area contributed by atoms with Gasteiger partial charge >= 0.3 is 0 Å². The van der Waals surface area contributed by atoms with Crippen LogP contribution < -0.4 is 0 Å². The molecule has 2 heteroatoms. The third-order valence-corrected chi connectivity index (χ3v) is 10.3. The van der Waals surface area contributed by atoms with Gasteiger partial charge in [0.2, 0.25) is 0 Å². The monoisotopic (exact) mass is 400 g/mol. The number of aldehydes is 1. The highest BCUT2D eigenvalue weighted by molar-refractivity contribution is 5.78. The van der Waals surface area contributed by atoms with E-state index in [1.807, 2.05) is 0 Å². The minimum absolute atomic E-state index is 0.169. The number of hydrogen-bond acceptors (Lipinski definition) is 2. The molecule has 0 heterocycles. The van der Waals surface area contributed by atoms with Gasteiger partial charge in [-0.05, 0) is 96.9 Å². The summed E-state index contributed by atoms with van der Waals surface area (Å²) in [6.45, 7) is 12.2. The van der Waals surface area contributed by atoms with Gasteiger partial charge in [-0.25, -0.2) is 0 Å². The van der Waals surface area contributed by atoms with Crippen molar-refractivity contribution in [3.63, 3.8) is 0 Å².